The number of nitrogen functional groups attached to an aromatic ring is 1. The molecule has 0 unspecified atom stereocenters. The van der Waals surface area contributed by atoms with Crippen molar-refractivity contribution in [3.63, 3.8) is 0 Å². The molecule has 5 nitrogen and oxygen atoms in total. The fourth-order valence-corrected chi connectivity index (χ4v) is 1.81. The SMILES string of the molecule is COc1cc(Nc2ccc(C#N)cc2OC)ccc1N. The lowest BCUT2D eigenvalue weighted by Crippen LogP contribution is -1.97. The third kappa shape index (κ3) is 2.75. The molecule has 0 fully saturated rings. The Morgan fingerprint density at radius 3 is 2.45 bits per heavy atom. The van der Waals surface area contributed by atoms with Crippen LogP contribution in [0.2, 0.25) is 0 Å². The van der Waals surface area contributed by atoms with E-state index in [0.29, 0.717) is 22.7 Å². The van der Waals surface area contributed by atoms with Crippen LogP contribution < -0.4 is 20.5 Å². The number of nitrogens with two attached hydrogens (primary N) is 1. The highest BCUT2D eigenvalue weighted by molar-refractivity contribution is 5.71. The number of hydrogen-bond acceptors (Lipinski definition) is 5. The summed E-state index contributed by atoms with van der Waals surface area (Å²) in [7, 11) is 3.13. The second-order valence-electron chi connectivity index (χ2n) is 4.11. The number of ether oxygens (including phenoxy) is 2. The maximum Gasteiger partial charge on any atom is 0.143 e. The van der Waals surface area contributed by atoms with E-state index < -0.39 is 0 Å². The predicted molar refractivity (Wildman–Crippen MR) is 78.4 cm³/mol. The number of anilines is 3. The van der Waals surface area contributed by atoms with Gasteiger partial charge in [0.2, 0.25) is 0 Å². The number of nitrogens with one attached hydrogen (secondary N) is 1. The average molecular weight is 269 g/mol. The molecular formula is C15H15N3O2. The lowest BCUT2D eigenvalue weighted by molar-refractivity contribution is 0.416. The molecule has 2 rings (SSSR count). The molecule has 20 heavy (non-hydrogen) atoms. The summed E-state index contributed by atoms with van der Waals surface area (Å²) in [6.07, 6.45) is 0. The molecule has 0 aliphatic heterocycles. The van der Waals surface area contributed by atoms with Gasteiger partial charge < -0.3 is 20.5 Å². The number of methoxy groups -OCH3 is 2. The Bertz CT molecular complexity index is 663. The Labute approximate surface area is 117 Å². The Morgan fingerprint density at radius 1 is 1.05 bits per heavy atom. The zero-order chi connectivity index (χ0) is 14.5. The molecule has 102 valence electrons. The predicted octanol–water partition coefficient (Wildman–Crippen LogP) is 2.90. The monoisotopic (exact) mass is 269 g/mol. The standard InChI is InChI=1S/C15H15N3O2/c1-19-14-8-11(4-5-12(14)17)18-13-6-3-10(9-16)7-15(13)20-2/h3-8,18H,17H2,1-2H3. The molecule has 2 aromatic carbocycles. The van der Waals surface area contributed by atoms with Crippen molar-refractivity contribution in [3.8, 4) is 17.6 Å². The Morgan fingerprint density at radius 2 is 1.80 bits per heavy atom. The van der Waals surface area contributed by atoms with Crippen molar-refractivity contribution >= 4 is 17.1 Å². The maximum atomic E-state index is 8.88. The van der Waals surface area contributed by atoms with E-state index in [4.69, 9.17) is 20.5 Å². The van der Waals surface area contributed by atoms with Gasteiger partial charge in [0, 0.05) is 17.8 Å². The molecule has 0 aliphatic carbocycles. The van der Waals surface area contributed by atoms with Crippen LogP contribution in [-0.2, 0) is 0 Å². The van der Waals surface area contributed by atoms with E-state index in [1.54, 1.807) is 44.6 Å². The van der Waals surface area contributed by atoms with Crippen LogP contribution in [0.3, 0.4) is 0 Å². The van der Waals surface area contributed by atoms with E-state index in [1.165, 1.54) is 0 Å². The molecule has 3 N–H and O–H groups in total. The fraction of sp³-hybridized carbons (Fsp3) is 0.133. The summed E-state index contributed by atoms with van der Waals surface area (Å²) in [5.74, 6) is 1.20. The molecule has 0 aromatic heterocycles. The lowest BCUT2D eigenvalue weighted by atomic mass is 10.2. The Hall–Kier alpha value is -2.87. The van der Waals surface area contributed by atoms with E-state index in [-0.39, 0.29) is 0 Å². The van der Waals surface area contributed by atoms with Gasteiger partial charge in [0.15, 0.2) is 0 Å². The summed E-state index contributed by atoms with van der Waals surface area (Å²) >= 11 is 0. The van der Waals surface area contributed by atoms with E-state index in [0.717, 1.165) is 11.4 Å². The summed E-state index contributed by atoms with van der Waals surface area (Å²) < 4.78 is 10.4. The summed E-state index contributed by atoms with van der Waals surface area (Å²) in [5, 5.41) is 12.1. The molecule has 0 spiro atoms. The molecule has 2 aromatic rings. The summed E-state index contributed by atoms with van der Waals surface area (Å²) in [4.78, 5) is 0. The van der Waals surface area contributed by atoms with Crippen LogP contribution in [0.4, 0.5) is 17.1 Å². The summed E-state index contributed by atoms with van der Waals surface area (Å²) in [6, 6.07) is 12.7. The fourth-order valence-electron chi connectivity index (χ4n) is 1.81. The van der Waals surface area contributed by atoms with Gasteiger partial charge in [-0.15, -0.1) is 0 Å². The highest BCUT2D eigenvalue weighted by atomic mass is 16.5. The van der Waals surface area contributed by atoms with Gasteiger partial charge in [-0.2, -0.15) is 5.26 Å². The molecule has 0 heterocycles. The minimum Gasteiger partial charge on any atom is -0.495 e. The van der Waals surface area contributed by atoms with Crippen molar-refractivity contribution in [1.82, 2.24) is 0 Å². The van der Waals surface area contributed by atoms with Crippen LogP contribution in [0.25, 0.3) is 0 Å². The molecule has 0 atom stereocenters. The smallest absolute Gasteiger partial charge is 0.143 e. The topological polar surface area (TPSA) is 80.3 Å². The van der Waals surface area contributed by atoms with Crippen LogP contribution in [0.5, 0.6) is 11.5 Å². The third-order valence-corrected chi connectivity index (χ3v) is 2.84. The van der Waals surface area contributed by atoms with Gasteiger partial charge in [-0.1, -0.05) is 0 Å². The molecule has 0 aliphatic rings. The normalized spacial score (nSPS) is 9.65. The first-order chi connectivity index (χ1) is 9.67. The van der Waals surface area contributed by atoms with Crippen molar-refractivity contribution in [2.24, 2.45) is 0 Å². The van der Waals surface area contributed by atoms with Crippen LogP contribution in [0.1, 0.15) is 5.56 Å². The highest BCUT2D eigenvalue weighted by Crippen LogP contribution is 2.31. The molecular weight excluding hydrogens is 254 g/mol. The van der Waals surface area contributed by atoms with Gasteiger partial charge in [-0.25, -0.2) is 0 Å². The second kappa shape index (κ2) is 5.85. The molecule has 0 saturated carbocycles. The summed E-state index contributed by atoms with van der Waals surface area (Å²) in [6.45, 7) is 0. The first-order valence-electron chi connectivity index (χ1n) is 5.96. The average Bonchev–Trinajstić information content (AvgIpc) is 2.49. The summed E-state index contributed by atoms with van der Waals surface area (Å²) in [5.41, 5.74) is 8.47. The zero-order valence-electron chi connectivity index (χ0n) is 11.3. The molecule has 5 heteroatoms. The van der Waals surface area contributed by atoms with E-state index in [2.05, 4.69) is 11.4 Å². The van der Waals surface area contributed by atoms with Crippen molar-refractivity contribution in [1.29, 1.82) is 5.26 Å². The number of nitrogens with zero attached hydrogens (tertiary/aromatic N) is 1. The van der Waals surface area contributed by atoms with Crippen LogP contribution in [0.15, 0.2) is 36.4 Å². The Kier molecular flexibility index (Phi) is 3.96. The lowest BCUT2D eigenvalue weighted by Gasteiger charge is -2.13. The first kappa shape index (κ1) is 13.6. The van der Waals surface area contributed by atoms with Crippen molar-refractivity contribution < 1.29 is 9.47 Å². The molecule has 0 amide bonds. The highest BCUT2D eigenvalue weighted by Gasteiger charge is 2.06. The minimum atomic E-state index is 0.544. The second-order valence-corrected chi connectivity index (χ2v) is 4.11. The maximum absolute atomic E-state index is 8.88. The number of benzene rings is 2. The number of nitriles is 1. The van der Waals surface area contributed by atoms with Gasteiger partial charge in [0.1, 0.15) is 11.5 Å². The van der Waals surface area contributed by atoms with Crippen molar-refractivity contribution in [2.75, 3.05) is 25.3 Å². The van der Waals surface area contributed by atoms with E-state index in [9.17, 15) is 0 Å². The minimum absolute atomic E-state index is 0.544. The van der Waals surface area contributed by atoms with Crippen molar-refractivity contribution in [2.45, 2.75) is 0 Å². The van der Waals surface area contributed by atoms with Gasteiger partial charge in [0.25, 0.3) is 0 Å². The molecule has 0 bridgehead atoms. The van der Waals surface area contributed by atoms with Crippen LogP contribution >= 0.6 is 0 Å². The molecule has 0 saturated heterocycles. The largest absolute Gasteiger partial charge is 0.495 e. The zero-order valence-corrected chi connectivity index (χ0v) is 11.3. The van der Waals surface area contributed by atoms with Crippen LogP contribution in [-0.4, -0.2) is 14.2 Å². The van der Waals surface area contributed by atoms with Gasteiger partial charge >= 0.3 is 0 Å². The Balaban J connectivity index is 2.32. The van der Waals surface area contributed by atoms with E-state index >= 15 is 0 Å². The van der Waals surface area contributed by atoms with E-state index in [1.807, 2.05) is 6.07 Å². The first-order valence-corrected chi connectivity index (χ1v) is 5.96. The van der Waals surface area contributed by atoms with Gasteiger partial charge in [-0.05, 0) is 24.3 Å². The quantitative estimate of drug-likeness (QED) is 0.834. The van der Waals surface area contributed by atoms with Crippen molar-refractivity contribution in [3.05, 3.63) is 42.0 Å². The van der Waals surface area contributed by atoms with Crippen LogP contribution in [0, 0.1) is 11.3 Å². The van der Waals surface area contributed by atoms with Gasteiger partial charge in [0.05, 0.1) is 37.2 Å². The molecule has 0 radical (unpaired) electrons. The van der Waals surface area contributed by atoms with Gasteiger partial charge in [-0.3, -0.25) is 0 Å². The third-order valence-electron chi connectivity index (χ3n) is 2.84. The number of rotatable bonds is 4. The number of hydrogen-bond donors (Lipinski definition) is 2.